The molecule has 0 radical (unpaired) electrons. The summed E-state index contributed by atoms with van der Waals surface area (Å²) in [4.78, 5) is 45.9. The van der Waals surface area contributed by atoms with Gasteiger partial charge < -0.3 is 18.9 Å². The number of allylic oxidation sites excluding steroid dienone is 1. The van der Waals surface area contributed by atoms with Crippen molar-refractivity contribution in [2.24, 2.45) is 28.2 Å². The molecule has 1 aromatic heterocycles. The number of nitrogens with zero attached hydrogens (tertiary/aromatic N) is 2. The summed E-state index contributed by atoms with van der Waals surface area (Å²) in [5.41, 5.74) is 1.59. The number of hydrogen-bond acceptors (Lipinski definition) is 9. The van der Waals surface area contributed by atoms with Gasteiger partial charge in [0.15, 0.2) is 16.3 Å². The Morgan fingerprint density at radius 2 is 1.65 bits per heavy atom. The number of fused-ring (bicyclic) bond motifs is 1. The molecule has 2 heterocycles. The molecule has 8 rings (SSSR count). The lowest BCUT2D eigenvalue weighted by atomic mass is 9.49. The predicted molar refractivity (Wildman–Crippen MR) is 173 cm³/mol. The van der Waals surface area contributed by atoms with Crippen LogP contribution in [0, 0.1) is 23.2 Å². The van der Waals surface area contributed by atoms with Crippen LogP contribution in [0.4, 0.5) is 0 Å². The second-order valence-electron chi connectivity index (χ2n) is 13.1. The van der Waals surface area contributed by atoms with E-state index in [1.807, 2.05) is 18.2 Å². The number of ether oxygens (including phenoxy) is 4. The third kappa shape index (κ3) is 5.26. The van der Waals surface area contributed by atoms with E-state index in [0.29, 0.717) is 61.2 Å². The third-order valence-corrected chi connectivity index (χ3v) is 11.1. The van der Waals surface area contributed by atoms with Gasteiger partial charge in [-0.3, -0.25) is 14.2 Å². The molecule has 4 fully saturated rings. The Bertz CT molecular complexity index is 1880. The minimum atomic E-state index is -0.718. The van der Waals surface area contributed by atoms with Gasteiger partial charge in [0.05, 0.1) is 48.1 Å². The van der Waals surface area contributed by atoms with Crippen molar-refractivity contribution in [3.8, 4) is 17.2 Å². The van der Waals surface area contributed by atoms with Gasteiger partial charge in [0, 0.05) is 0 Å². The zero-order chi connectivity index (χ0) is 32.2. The van der Waals surface area contributed by atoms with E-state index in [-0.39, 0.29) is 23.6 Å². The molecule has 2 aromatic carbocycles. The van der Waals surface area contributed by atoms with Crippen LogP contribution in [0.1, 0.15) is 69.5 Å². The zero-order valence-corrected chi connectivity index (χ0v) is 27.4. The Balaban J connectivity index is 1.22. The normalized spacial score (nSPS) is 26.4. The Kier molecular flexibility index (Phi) is 7.87. The molecular formula is C36H38N2O7S. The van der Waals surface area contributed by atoms with Gasteiger partial charge in [-0.25, -0.2) is 9.79 Å². The number of methoxy groups -OCH3 is 2. The van der Waals surface area contributed by atoms with Crippen molar-refractivity contribution in [1.29, 1.82) is 0 Å². The molecule has 0 N–H and O–H groups in total. The Labute approximate surface area is 271 Å². The fourth-order valence-electron chi connectivity index (χ4n) is 8.47. The summed E-state index contributed by atoms with van der Waals surface area (Å²) in [5, 5.41) is 0. The zero-order valence-electron chi connectivity index (χ0n) is 26.5. The van der Waals surface area contributed by atoms with Gasteiger partial charge in [-0.2, -0.15) is 0 Å². The summed E-state index contributed by atoms with van der Waals surface area (Å²) in [6, 6.07) is 11.9. The van der Waals surface area contributed by atoms with E-state index in [9.17, 15) is 14.4 Å². The first-order chi connectivity index (χ1) is 22.2. The maximum atomic E-state index is 14.0. The van der Waals surface area contributed by atoms with Crippen LogP contribution < -0.4 is 29.1 Å². The third-order valence-electron chi connectivity index (χ3n) is 10.1. The number of esters is 2. The first kappa shape index (κ1) is 30.5. The van der Waals surface area contributed by atoms with E-state index >= 15 is 0 Å². The maximum absolute atomic E-state index is 14.0. The van der Waals surface area contributed by atoms with Crippen LogP contribution in [-0.2, 0) is 14.3 Å². The van der Waals surface area contributed by atoms with Crippen molar-refractivity contribution >= 4 is 29.4 Å². The summed E-state index contributed by atoms with van der Waals surface area (Å²) < 4.78 is 24.4. The molecular weight excluding hydrogens is 604 g/mol. The highest BCUT2D eigenvalue weighted by atomic mass is 32.1. The van der Waals surface area contributed by atoms with E-state index < -0.39 is 12.0 Å². The van der Waals surface area contributed by atoms with Gasteiger partial charge in [0.1, 0.15) is 5.75 Å². The van der Waals surface area contributed by atoms with Crippen molar-refractivity contribution in [3.05, 3.63) is 84.5 Å². The molecule has 3 aromatic rings. The highest BCUT2D eigenvalue weighted by Gasteiger charge is 2.55. The molecule has 0 unspecified atom stereocenters. The molecule has 46 heavy (non-hydrogen) atoms. The van der Waals surface area contributed by atoms with Gasteiger partial charge >= 0.3 is 11.9 Å². The fraction of sp³-hybridized carbons (Fsp3) is 0.444. The van der Waals surface area contributed by atoms with Crippen LogP contribution >= 0.6 is 11.3 Å². The Hall–Kier alpha value is -4.18. The van der Waals surface area contributed by atoms with Crippen molar-refractivity contribution in [1.82, 2.24) is 4.57 Å². The summed E-state index contributed by atoms with van der Waals surface area (Å²) >= 11 is 1.25. The second kappa shape index (κ2) is 11.9. The molecule has 5 aliphatic rings. The number of rotatable bonds is 8. The van der Waals surface area contributed by atoms with Crippen LogP contribution in [0.3, 0.4) is 0 Å². The van der Waals surface area contributed by atoms with Gasteiger partial charge in [0.2, 0.25) is 0 Å². The molecule has 4 bridgehead atoms. The smallest absolute Gasteiger partial charge is 0.338 e. The minimum absolute atomic E-state index is 0.141. The van der Waals surface area contributed by atoms with E-state index in [1.54, 1.807) is 63.0 Å². The van der Waals surface area contributed by atoms with Crippen LogP contribution in [0.5, 0.6) is 17.2 Å². The first-order valence-electron chi connectivity index (χ1n) is 16.0. The topological polar surface area (TPSA) is 105 Å². The van der Waals surface area contributed by atoms with Gasteiger partial charge in [-0.1, -0.05) is 29.5 Å². The average Bonchev–Trinajstić information content (AvgIpc) is 3.34. The van der Waals surface area contributed by atoms with E-state index in [1.165, 1.54) is 30.6 Å². The molecule has 0 saturated heterocycles. The SMILES string of the molecule is CCOC(=O)C1=C(C)N=c2s/c(=C/c3ccc(OC(=O)C45CC6CC(CC(C6)C4)C5)c(OC)c3)c(=O)n2[C@@H]1c1ccc(OC)cc1. The minimum Gasteiger partial charge on any atom is -0.497 e. The number of carbonyl (C=O) groups is 2. The highest BCUT2D eigenvalue weighted by molar-refractivity contribution is 7.07. The fourth-order valence-corrected chi connectivity index (χ4v) is 9.52. The van der Waals surface area contributed by atoms with Crippen LogP contribution in [0.15, 0.2) is 63.5 Å². The number of benzene rings is 2. The van der Waals surface area contributed by atoms with E-state index in [0.717, 1.165) is 24.8 Å². The average molecular weight is 643 g/mol. The van der Waals surface area contributed by atoms with Crippen molar-refractivity contribution in [2.75, 3.05) is 20.8 Å². The molecule has 240 valence electrons. The first-order valence-corrected chi connectivity index (χ1v) is 16.8. The van der Waals surface area contributed by atoms with E-state index in [4.69, 9.17) is 18.9 Å². The van der Waals surface area contributed by atoms with Gasteiger partial charge in [-0.15, -0.1) is 0 Å². The highest BCUT2D eigenvalue weighted by Crippen LogP contribution is 2.60. The van der Waals surface area contributed by atoms with Crippen molar-refractivity contribution < 1.29 is 28.5 Å². The monoisotopic (exact) mass is 642 g/mol. The molecule has 10 heteroatoms. The summed E-state index contributed by atoms with van der Waals surface area (Å²) in [5.74, 6) is 2.73. The van der Waals surface area contributed by atoms with E-state index in [2.05, 4.69) is 4.99 Å². The number of aromatic nitrogens is 1. The summed E-state index contributed by atoms with van der Waals surface area (Å²) in [6.07, 6.45) is 8.29. The van der Waals surface area contributed by atoms with Crippen molar-refractivity contribution in [3.63, 3.8) is 0 Å². The molecule has 9 nitrogen and oxygen atoms in total. The lowest BCUT2D eigenvalue weighted by Crippen LogP contribution is -2.51. The molecule has 4 aliphatic carbocycles. The van der Waals surface area contributed by atoms with Crippen LogP contribution in [0.25, 0.3) is 6.08 Å². The quantitative estimate of drug-likeness (QED) is 0.253. The standard InChI is InChI=1S/C36H38N2O7S/c1-5-44-33(40)30-20(2)37-35-38(31(30)25-7-9-26(42-3)10-8-25)32(39)29(46-35)16-21-6-11-27(28(15-21)43-4)45-34(41)36-17-22-12-23(18-36)14-24(13-22)19-36/h6-11,15-16,22-24,31H,5,12-14,17-19H2,1-4H3/b29-16+/t22?,23?,24?,31-,36?/m1/s1. The number of hydrogen-bond donors (Lipinski definition) is 0. The molecule has 0 spiro atoms. The number of carbonyl (C=O) groups excluding carboxylic acids is 2. The van der Waals surface area contributed by atoms with Crippen LogP contribution in [0.2, 0.25) is 0 Å². The lowest BCUT2D eigenvalue weighted by molar-refractivity contribution is -0.161. The molecule has 0 amide bonds. The molecule has 1 atom stereocenters. The number of thiazole rings is 1. The van der Waals surface area contributed by atoms with Gasteiger partial charge in [-0.05, 0) is 112 Å². The largest absolute Gasteiger partial charge is 0.497 e. The second-order valence-corrected chi connectivity index (χ2v) is 14.1. The van der Waals surface area contributed by atoms with Crippen LogP contribution in [-0.4, -0.2) is 37.3 Å². The Morgan fingerprint density at radius 3 is 2.26 bits per heavy atom. The molecule has 4 saturated carbocycles. The van der Waals surface area contributed by atoms with Gasteiger partial charge in [0.25, 0.3) is 5.56 Å². The lowest BCUT2D eigenvalue weighted by Gasteiger charge is -2.55. The summed E-state index contributed by atoms with van der Waals surface area (Å²) in [7, 11) is 3.13. The Morgan fingerprint density at radius 1 is 0.978 bits per heavy atom. The predicted octanol–water partition coefficient (Wildman–Crippen LogP) is 4.94. The molecule has 1 aliphatic heterocycles. The summed E-state index contributed by atoms with van der Waals surface area (Å²) in [6.45, 7) is 3.70. The maximum Gasteiger partial charge on any atom is 0.338 e. The van der Waals surface area contributed by atoms with Crippen molar-refractivity contribution in [2.45, 2.75) is 58.4 Å².